The van der Waals surface area contributed by atoms with Gasteiger partial charge in [-0.15, -0.1) is 0 Å². The number of rotatable bonds is 6. The van der Waals surface area contributed by atoms with Gasteiger partial charge in [0.2, 0.25) is 0 Å². The lowest BCUT2D eigenvalue weighted by atomic mass is 10.0. The molecular weight excluding hydrogens is 297 g/mol. The van der Waals surface area contributed by atoms with Crippen molar-refractivity contribution in [3.8, 4) is 0 Å². The lowest BCUT2D eigenvalue weighted by Gasteiger charge is -2.12. The predicted octanol–water partition coefficient (Wildman–Crippen LogP) is 2.92. The van der Waals surface area contributed by atoms with E-state index in [9.17, 15) is 18.0 Å². The molecule has 0 aromatic heterocycles. The fourth-order valence-corrected chi connectivity index (χ4v) is 1.79. The van der Waals surface area contributed by atoms with Crippen molar-refractivity contribution in [1.82, 2.24) is 0 Å². The fraction of sp³-hybridized carbons (Fsp3) is 0.333. The van der Waals surface area contributed by atoms with E-state index in [4.69, 9.17) is 5.73 Å². The molecule has 0 aliphatic carbocycles. The Morgan fingerprint density at radius 1 is 1.36 bits per heavy atom. The Bertz CT molecular complexity index is 598. The number of carbonyl (C=O) groups is 1. The quantitative estimate of drug-likeness (QED) is 0.648. The maximum Gasteiger partial charge on any atom is 0.337 e. The van der Waals surface area contributed by atoms with Crippen molar-refractivity contribution in [2.75, 3.05) is 13.7 Å². The third-order valence-corrected chi connectivity index (χ3v) is 2.77. The molecule has 0 atom stereocenters. The third-order valence-electron chi connectivity index (χ3n) is 2.77. The van der Waals surface area contributed by atoms with Gasteiger partial charge in [0.25, 0.3) is 6.43 Å². The SMILES string of the molecule is CCCN=C(C(=CN)C(F)F)c1cc(F)cc(C(=O)OC)c1. The maximum atomic E-state index is 13.7. The molecular formula is C15H17F3N2O2. The minimum absolute atomic E-state index is 0.0471. The van der Waals surface area contributed by atoms with Crippen molar-refractivity contribution in [1.29, 1.82) is 0 Å². The Labute approximate surface area is 126 Å². The average molecular weight is 314 g/mol. The number of allylic oxidation sites excluding steroid dienone is 1. The second-order valence-corrected chi connectivity index (χ2v) is 4.37. The summed E-state index contributed by atoms with van der Waals surface area (Å²) in [5.41, 5.74) is 4.54. The van der Waals surface area contributed by atoms with Gasteiger partial charge in [-0.3, -0.25) is 4.99 Å². The highest BCUT2D eigenvalue weighted by Gasteiger charge is 2.21. The minimum atomic E-state index is -2.87. The van der Waals surface area contributed by atoms with Crippen LogP contribution in [0.4, 0.5) is 13.2 Å². The lowest BCUT2D eigenvalue weighted by Crippen LogP contribution is -2.16. The third kappa shape index (κ3) is 4.34. The Morgan fingerprint density at radius 3 is 2.50 bits per heavy atom. The van der Waals surface area contributed by atoms with Gasteiger partial charge in [-0.1, -0.05) is 6.92 Å². The molecule has 1 aromatic carbocycles. The number of hydrogen-bond acceptors (Lipinski definition) is 4. The normalized spacial score (nSPS) is 12.6. The molecule has 0 spiro atoms. The number of ether oxygens (including phenoxy) is 1. The summed E-state index contributed by atoms with van der Waals surface area (Å²) in [4.78, 5) is 15.6. The van der Waals surface area contributed by atoms with Gasteiger partial charge < -0.3 is 10.5 Å². The van der Waals surface area contributed by atoms with Crippen LogP contribution < -0.4 is 5.73 Å². The van der Waals surface area contributed by atoms with E-state index in [2.05, 4.69) is 9.73 Å². The van der Waals surface area contributed by atoms with E-state index < -0.39 is 23.8 Å². The molecule has 4 nitrogen and oxygen atoms in total. The molecule has 0 heterocycles. The van der Waals surface area contributed by atoms with Crippen molar-refractivity contribution in [2.24, 2.45) is 10.7 Å². The van der Waals surface area contributed by atoms with Crippen LogP contribution in [0, 0.1) is 5.82 Å². The first-order chi connectivity index (χ1) is 10.4. The summed E-state index contributed by atoms with van der Waals surface area (Å²) in [6.45, 7) is 2.09. The van der Waals surface area contributed by atoms with Crippen molar-refractivity contribution in [3.63, 3.8) is 0 Å². The number of hydrogen-bond donors (Lipinski definition) is 1. The molecule has 0 bridgehead atoms. The summed E-state index contributed by atoms with van der Waals surface area (Å²) >= 11 is 0. The van der Waals surface area contributed by atoms with Crippen molar-refractivity contribution >= 4 is 11.7 Å². The Balaban J connectivity index is 3.43. The number of methoxy groups -OCH3 is 1. The van der Waals surface area contributed by atoms with Crippen LogP contribution in [0.3, 0.4) is 0 Å². The minimum Gasteiger partial charge on any atom is -0.465 e. The number of aliphatic imine (C=N–C) groups is 1. The van der Waals surface area contributed by atoms with E-state index in [0.29, 0.717) is 6.42 Å². The molecule has 0 aliphatic heterocycles. The van der Waals surface area contributed by atoms with E-state index in [1.165, 1.54) is 6.07 Å². The number of nitrogens with two attached hydrogens (primary N) is 1. The molecule has 7 heteroatoms. The van der Waals surface area contributed by atoms with Crippen LogP contribution in [-0.4, -0.2) is 31.8 Å². The van der Waals surface area contributed by atoms with E-state index >= 15 is 0 Å². The van der Waals surface area contributed by atoms with E-state index in [1.807, 2.05) is 6.92 Å². The summed E-state index contributed by atoms with van der Waals surface area (Å²) in [5, 5.41) is 0. The summed E-state index contributed by atoms with van der Waals surface area (Å²) in [5.74, 6) is -1.53. The summed E-state index contributed by atoms with van der Waals surface area (Å²) in [6.07, 6.45) is -1.52. The van der Waals surface area contributed by atoms with Crippen molar-refractivity contribution in [2.45, 2.75) is 19.8 Å². The van der Waals surface area contributed by atoms with Gasteiger partial charge in [0.15, 0.2) is 0 Å². The zero-order chi connectivity index (χ0) is 16.7. The molecule has 0 fully saturated rings. The van der Waals surface area contributed by atoms with Crippen LogP contribution in [-0.2, 0) is 4.74 Å². The summed E-state index contributed by atoms with van der Waals surface area (Å²) in [7, 11) is 1.14. The largest absolute Gasteiger partial charge is 0.465 e. The summed E-state index contributed by atoms with van der Waals surface area (Å²) in [6, 6.07) is 3.23. The van der Waals surface area contributed by atoms with Crippen molar-refractivity contribution in [3.05, 3.63) is 46.9 Å². The lowest BCUT2D eigenvalue weighted by molar-refractivity contribution is 0.0600. The highest BCUT2D eigenvalue weighted by molar-refractivity contribution is 6.13. The van der Waals surface area contributed by atoms with Crippen molar-refractivity contribution < 1.29 is 22.7 Å². The Kier molecular flexibility index (Phi) is 6.62. The molecule has 0 unspecified atom stereocenters. The molecule has 2 N–H and O–H groups in total. The molecule has 1 aromatic rings. The Hall–Kier alpha value is -2.31. The number of esters is 1. The molecule has 1 rings (SSSR count). The first-order valence-corrected chi connectivity index (χ1v) is 6.58. The number of carbonyl (C=O) groups excluding carboxylic acids is 1. The van der Waals surface area contributed by atoms with Crippen LogP contribution in [0.25, 0.3) is 0 Å². The molecule has 0 saturated carbocycles. The highest BCUT2D eigenvalue weighted by Crippen LogP contribution is 2.19. The van der Waals surface area contributed by atoms with Gasteiger partial charge in [0.1, 0.15) is 5.82 Å². The number of nitrogens with zero attached hydrogens (tertiary/aromatic N) is 1. The first kappa shape index (κ1) is 17.7. The maximum absolute atomic E-state index is 13.7. The van der Waals surface area contributed by atoms with Gasteiger partial charge in [0, 0.05) is 18.3 Å². The first-order valence-electron chi connectivity index (χ1n) is 6.58. The van der Waals surface area contributed by atoms with E-state index in [-0.39, 0.29) is 23.4 Å². The zero-order valence-corrected chi connectivity index (χ0v) is 12.3. The number of halogens is 3. The summed E-state index contributed by atoms with van der Waals surface area (Å²) < 4.78 is 44.3. The van der Waals surface area contributed by atoms with E-state index in [1.54, 1.807) is 0 Å². The Morgan fingerprint density at radius 2 is 2.00 bits per heavy atom. The molecule has 0 saturated heterocycles. The van der Waals surface area contributed by atoms with Gasteiger partial charge >= 0.3 is 5.97 Å². The van der Waals surface area contributed by atoms with Crippen LogP contribution in [0.15, 0.2) is 35.0 Å². The highest BCUT2D eigenvalue weighted by atomic mass is 19.3. The smallest absolute Gasteiger partial charge is 0.337 e. The van der Waals surface area contributed by atoms with Crippen LogP contribution >= 0.6 is 0 Å². The van der Waals surface area contributed by atoms with Gasteiger partial charge in [-0.2, -0.15) is 0 Å². The molecule has 0 radical (unpaired) electrons. The zero-order valence-electron chi connectivity index (χ0n) is 12.3. The van der Waals surface area contributed by atoms with Crippen LogP contribution in [0.5, 0.6) is 0 Å². The average Bonchev–Trinajstić information content (AvgIpc) is 2.49. The standard InChI is InChI=1S/C15H17F3N2O2/c1-3-4-20-13(12(8-19)14(17)18)9-5-10(15(21)22-2)7-11(16)6-9/h5-8,14H,3-4,19H2,1-2H3. The fourth-order valence-electron chi connectivity index (χ4n) is 1.79. The van der Waals surface area contributed by atoms with E-state index in [0.717, 1.165) is 25.4 Å². The second kappa shape index (κ2) is 8.21. The monoisotopic (exact) mass is 314 g/mol. The molecule has 0 aliphatic rings. The number of benzene rings is 1. The second-order valence-electron chi connectivity index (χ2n) is 4.37. The predicted molar refractivity (Wildman–Crippen MR) is 77.7 cm³/mol. The molecule has 120 valence electrons. The van der Waals surface area contributed by atoms with Gasteiger partial charge in [-0.05, 0) is 24.6 Å². The van der Waals surface area contributed by atoms with Crippen LogP contribution in [0.2, 0.25) is 0 Å². The van der Waals surface area contributed by atoms with Crippen LogP contribution in [0.1, 0.15) is 29.3 Å². The number of alkyl halides is 2. The van der Waals surface area contributed by atoms with Gasteiger partial charge in [-0.25, -0.2) is 18.0 Å². The topological polar surface area (TPSA) is 64.7 Å². The molecule has 22 heavy (non-hydrogen) atoms. The molecule has 0 amide bonds. The van der Waals surface area contributed by atoms with Gasteiger partial charge in [0.05, 0.1) is 24.0 Å².